The SMILES string of the molecule is Cc1nc(NC(=S)NC(C)C)sc1C(C)C. The summed E-state index contributed by atoms with van der Waals surface area (Å²) in [4.78, 5) is 5.77. The summed E-state index contributed by atoms with van der Waals surface area (Å²) in [5.74, 6) is 0.514. The van der Waals surface area contributed by atoms with Crippen molar-refractivity contribution in [2.24, 2.45) is 0 Å². The summed E-state index contributed by atoms with van der Waals surface area (Å²) >= 11 is 6.85. The molecule has 0 bridgehead atoms. The third kappa shape index (κ3) is 3.72. The molecule has 1 aromatic heterocycles. The number of aryl methyl sites for hydroxylation is 1. The minimum absolute atomic E-state index is 0.339. The van der Waals surface area contributed by atoms with E-state index in [1.54, 1.807) is 11.3 Å². The van der Waals surface area contributed by atoms with Gasteiger partial charge in [0.2, 0.25) is 0 Å². The molecule has 3 nitrogen and oxygen atoms in total. The largest absolute Gasteiger partial charge is 0.360 e. The molecule has 16 heavy (non-hydrogen) atoms. The molecule has 0 amide bonds. The van der Waals surface area contributed by atoms with Crippen LogP contribution < -0.4 is 10.6 Å². The summed E-state index contributed by atoms with van der Waals surface area (Å²) in [6, 6.07) is 0.339. The monoisotopic (exact) mass is 257 g/mol. The van der Waals surface area contributed by atoms with Crippen LogP contribution in [0.25, 0.3) is 0 Å². The van der Waals surface area contributed by atoms with Gasteiger partial charge in [0.1, 0.15) is 0 Å². The Morgan fingerprint density at radius 3 is 2.38 bits per heavy atom. The smallest absolute Gasteiger partial charge is 0.189 e. The van der Waals surface area contributed by atoms with E-state index in [0.717, 1.165) is 10.8 Å². The van der Waals surface area contributed by atoms with Crippen LogP contribution in [0.1, 0.15) is 44.2 Å². The third-order valence-corrected chi connectivity index (χ3v) is 3.59. The molecule has 0 aromatic carbocycles. The third-order valence-electron chi connectivity index (χ3n) is 2.00. The predicted molar refractivity (Wildman–Crippen MR) is 75.4 cm³/mol. The van der Waals surface area contributed by atoms with Gasteiger partial charge in [-0.3, -0.25) is 0 Å². The normalized spacial score (nSPS) is 10.9. The number of thiazole rings is 1. The van der Waals surface area contributed by atoms with E-state index in [2.05, 4.69) is 43.3 Å². The van der Waals surface area contributed by atoms with Gasteiger partial charge in [-0.1, -0.05) is 13.8 Å². The number of anilines is 1. The fourth-order valence-electron chi connectivity index (χ4n) is 1.39. The zero-order valence-corrected chi connectivity index (χ0v) is 12.1. The van der Waals surface area contributed by atoms with Crippen LogP contribution in [-0.2, 0) is 0 Å². The number of nitrogens with one attached hydrogen (secondary N) is 2. The van der Waals surface area contributed by atoms with E-state index in [1.807, 2.05) is 6.92 Å². The predicted octanol–water partition coefficient (Wildman–Crippen LogP) is 3.27. The minimum Gasteiger partial charge on any atom is -0.360 e. The first-order valence-electron chi connectivity index (χ1n) is 5.45. The van der Waals surface area contributed by atoms with Gasteiger partial charge in [-0.2, -0.15) is 0 Å². The quantitative estimate of drug-likeness (QED) is 0.815. The number of rotatable bonds is 3. The molecule has 0 saturated carbocycles. The highest BCUT2D eigenvalue weighted by atomic mass is 32.1. The molecular weight excluding hydrogens is 238 g/mol. The maximum atomic E-state index is 5.17. The summed E-state index contributed by atoms with van der Waals surface area (Å²) in [6.45, 7) is 10.5. The van der Waals surface area contributed by atoms with Crippen LogP contribution in [-0.4, -0.2) is 16.1 Å². The second-order valence-electron chi connectivity index (χ2n) is 4.38. The Morgan fingerprint density at radius 2 is 1.94 bits per heavy atom. The molecule has 0 saturated heterocycles. The summed E-state index contributed by atoms with van der Waals surface area (Å²) in [5.41, 5.74) is 1.09. The van der Waals surface area contributed by atoms with Crippen molar-refractivity contribution in [3.63, 3.8) is 0 Å². The molecule has 0 atom stereocenters. The van der Waals surface area contributed by atoms with Crippen LogP contribution in [0.5, 0.6) is 0 Å². The lowest BCUT2D eigenvalue weighted by molar-refractivity contribution is 0.739. The second-order valence-corrected chi connectivity index (χ2v) is 5.82. The summed E-state index contributed by atoms with van der Waals surface area (Å²) in [6.07, 6.45) is 0. The van der Waals surface area contributed by atoms with Gasteiger partial charge in [0.05, 0.1) is 5.69 Å². The van der Waals surface area contributed by atoms with E-state index in [4.69, 9.17) is 12.2 Å². The molecule has 5 heteroatoms. The van der Waals surface area contributed by atoms with Crippen LogP contribution in [0.2, 0.25) is 0 Å². The Hall–Kier alpha value is -0.680. The van der Waals surface area contributed by atoms with Gasteiger partial charge in [0.15, 0.2) is 10.2 Å². The topological polar surface area (TPSA) is 37.0 Å². The van der Waals surface area contributed by atoms with Crippen molar-refractivity contribution in [3.8, 4) is 0 Å². The molecule has 0 aliphatic rings. The summed E-state index contributed by atoms with van der Waals surface area (Å²) < 4.78 is 0. The molecule has 0 aliphatic carbocycles. The minimum atomic E-state index is 0.339. The van der Waals surface area contributed by atoms with Crippen molar-refractivity contribution in [1.29, 1.82) is 0 Å². The van der Waals surface area contributed by atoms with Gasteiger partial charge in [0.25, 0.3) is 0 Å². The van der Waals surface area contributed by atoms with Crippen molar-refractivity contribution in [2.45, 2.75) is 46.6 Å². The molecule has 1 aromatic rings. The van der Waals surface area contributed by atoms with Gasteiger partial charge < -0.3 is 10.6 Å². The zero-order chi connectivity index (χ0) is 12.3. The molecule has 0 radical (unpaired) electrons. The average Bonchev–Trinajstić information content (AvgIpc) is 2.44. The van der Waals surface area contributed by atoms with E-state index in [0.29, 0.717) is 17.1 Å². The van der Waals surface area contributed by atoms with Crippen molar-refractivity contribution < 1.29 is 0 Å². The molecule has 0 aliphatic heterocycles. The van der Waals surface area contributed by atoms with Crippen molar-refractivity contribution in [2.75, 3.05) is 5.32 Å². The first-order valence-corrected chi connectivity index (χ1v) is 6.67. The Bertz CT molecular complexity index is 369. The van der Waals surface area contributed by atoms with Gasteiger partial charge >= 0.3 is 0 Å². The molecular formula is C11H19N3S2. The summed E-state index contributed by atoms with van der Waals surface area (Å²) in [7, 11) is 0. The number of thiocarbonyl (C=S) groups is 1. The Kier molecular flexibility index (Phi) is 4.68. The fraction of sp³-hybridized carbons (Fsp3) is 0.636. The van der Waals surface area contributed by atoms with Crippen LogP contribution in [0, 0.1) is 6.92 Å². The van der Waals surface area contributed by atoms with E-state index in [-0.39, 0.29) is 0 Å². The van der Waals surface area contributed by atoms with Gasteiger partial charge in [-0.05, 0) is 38.9 Å². The summed E-state index contributed by atoms with van der Waals surface area (Å²) in [5, 5.41) is 7.77. The Balaban J connectivity index is 2.68. The van der Waals surface area contributed by atoms with Gasteiger partial charge in [-0.15, -0.1) is 11.3 Å². The van der Waals surface area contributed by atoms with Crippen LogP contribution in [0.4, 0.5) is 5.13 Å². The number of hydrogen-bond donors (Lipinski definition) is 2. The Morgan fingerprint density at radius 1 is 1.31 bits per heavy atom. The highest BCUT2D eigenvalue weighted by molar-refractivity contribution is 7.80. The van der Waals surface area contributed by atoms with E-state index >= 15 is 0 Å². The van der Waals surface area contributed by atoms with Gasteiger partial charge in [0, 0.05) is 10.9 Å². The molecule has 0 fully saturated rings. The fourth-order valence-corrected chi connectivity index (χ4v) is 2.76. The van der Waals surface area contributed by atoms with Crippen LogP contribution in [0.3, 0.4) is 0 Å². The highest BCUT2D eigenvalue weighted by Crippen LogP contribution is 2.28. The van der Waals surface area contributed by atoms with Crippen molar-refractivity contribution in [1.82, 2.24) is 10.3 Å². The number of hydrogen-bond acceptors (Lipinski definition) is 3. The molecule has 0 unspecified atom stereocenters. The zero-order valence-electron chi connectivity index (χ0n) is 10.4. The lowest BCUT2D eigenvalue weighted by atomic mass is 10.1. The average molecular weight is 257 g/mol. The number of aromatic nitrogens is 1. The lowest BCUT2D eigenvalue weighted by Crippen LogP contribution is -2.33. The highest BCUT2D eigenvalue weighted by Gasteiger charge is 2.11. The molecule has 90 valence electrons. The first-order chi connectivity index (χ1) is 7.40. The van der Waals surface area contributed by atoms with E-state index in [9.17, 15) is 0 Å². The lowest BCUT2D eigenvalue weighted by Gasteiger charge is -2.10. The second kappa shape index (κ2) is 5.59. The molecule has 1 heterocycles. The van der Waals surface area contributed by atoms with Crippen molar-refractivity contribution in [3.05, 3.63) is 10.6 Å². The molecule has 0 spiro atoms. The maximum Gasteiger partial charge on any atom is 0.189 e. The van der Waals surface area contributed by atoms with Crippen molar-refractivity contribution >= 4 is 33.8 Å². The van der Waals surface area contributed by atoms with E-state index < -0.39 is 0 Å². The van der Waals surface area contributed by atoms with E-state index in [1.165, 1.54) is 4.88 Å². The Labute approximate surface area is 107 Å². The first kappa shape index (κ1) is 13.4. The van der Waals surface area contributed by atoms with Crippen LogP contribution in [0.15, 0.2) is 0 Å². The molecule has 2 N–H and O–H groups in total. The van der Waals surface area contributed by atoms with Crippen LogP contribution >= 0.6 is 23.6 Å². The molecule has 1 rings (SSSR count). The number of nitrogens with zero attached hydrogens (tertiary/aromatic N) is 1. The van der Waals surface area contributed by atoms with Gasteiger partial charge in [-0.25, -0.2) is 4.98 Å². The maximum absolute atomic E-state index is 5.17. The standard InChI is InChI=1S/C11H19N3S2/c1-6(2)9-8(5)13-11(16-9)14-10(15)12-7(3)4/h6-7H,1-5H3,(H2,12,13,14,15).